The lowest BCUT2D eigenvalue weighted by Gasteiger charge is -2.13. The highest BCUT2D eigenvalue weighted by atomic mass is 16.5. The van der Waals surface area contributed by atoms with E-state index in [1.165, 1.54) is 0 Å². The maximum Gasteiger partial charge on any atom is 0.254 e. The number of nitrogens with one attached hydrogen (secondary N) is 1. The van der Waals surface area contributed by atoms with Crippen molar-refractivity contribution in [1.29, 1.82) is 0 Å². The summed E-state index contributed by atoms with van der Waals surface area (Å²) in [6.07, 6.45) is 2.26. The maximum absolute atomic E-state index is 11.2. The van der Waals surface area contributed by atoms with Gasteiger partial charge in [-0.25, -0.2) is 4.98 Å². The van der Waals surface area contributed by atoms with Crippen molar-refractivity contribution in [2.24, 2.45) is 5.73 Å². The lowest BCUT2D eigenvalue weighted by Crippen LogP contribution is -2.29. The smallest absolute Gasteiger partial charge is 0.254 e. The van der Waals surface area contributed by atoms with Crippen LogP contribution in [-0.4, -0.2) is 30.1 Å². The van der Waals surface area contributed by atoms with Crippen LogP contribution >= 0.6 is 0 Å². The van der Waals surface area contributed by atoms with E-state index in [1.54, 1.807) is 12.1 Å². The van der Waals surface area contributed by atoms with Gasteiger partial charge in [0.2, 0.25) is 5.88 Å². The third-order valence-corrected chi connectivity index (χ3v) is 2.85. The zero-order chi connectivity index (χ0) is 12.3. The number of aromatic nitrogens is 1. The van der Waals surface area contributed by atoms with Gasteiger partial charge in [0.15, 0.2) is 0 Å². The van der Waals surface area contributed by atoms with Crippen LogP contribution < -0.4 is 15.8 Å². The highest BCUT2D eigenvalue weighted by molar-refractivity contribution is 5.95. The molecule has 1 aromatic heterocycles. The Morgan fingerprint density at radius 2 is 2.47 bits per heavy atom. The van der Waals surface area contributed by atoms with Crippen LogP contribution in [0, 0.1) is 6.92 Å². The van der Waals surface area contributed by atoms with Crippen molar-refractivity contribution in [2.45, 2.75) is 25.8 Å². The molecule has 0 saturated carbocycles. The second-order valence-corrected chi connectivity index (χ2v) is 4.27. The SMILES string of the molecule is Cc1ccc(C(N)=O)c(OCC2CCCN2)n1. The minimum Gasteiger partial charge on any atom is -0.475 e. The first-order valence-corrected chi connectivity index (χ1v) is 5.80. The molecule has 1 aliphatic rings. The van der Waals surface area contributed by atoms with E-state index in [2.05, 4.69) is 10.3 Å². The molecule has 1 amide bonds. The highest BCUT2D eigenvalue weighted by Crippen LogP contribution is 2.16. The summed E-state index contributed by atoms with van der Waals surface area (Å²) in [5.74, 6) is -0.168. The van der Waals surface area contributed by atoms with Crippen LogP contribution in [0.3, 0.4) is 0 Å². The molecule has 5 heteroatoms. The summed E-state index contributed by atoms with van der Waals surface area (Å²) in [5.41, 5.74) is 6.42. The van der Waals surface area contributed by atoms with Gasteiger partial charge in [-0.1, -0.05) is 0 Å². The second kappa shape index (κ2) is 5.14. The molecule has 1 unspecified atom stereocenters. The van der Waals surface area contributed by atoms with Gasteiger partial charge in [0, 0.05) is 11.7 Å². The Morgan fingerprint density at radius 1 is 1.65 bits per heavy atom. The van der Waals surface area contributed by atoms with E-state index >= 15 is 0 Å². The standard InChI is InChI=1S/C12H17N3O2/c1-8-4-5-10(11(13)16)12(15-8)17-7-9-3-2-6-14-9/h4-5,9,14H,2-3,6-7H2,1H3,(H2,13,16). The molecule has 5 nitrogen and oxygen atoms in total. The van der Waals surface area contributed by atoms with E-state index in [0.717, 1.165) is 25.1 Å². The second-order valence-electron chi connectivity index (χ2n) is 4.27. The molecule has 1 aliphatic heterocycles. The Bertz CT molecular complexity index is 414. The molecular formula is C12H17N3O2. The third kappa shape index (κ3) is 2.94. The number of hydrogen-bond acceptors (Lipinski definition) is 4. The minimum atomic E-state index is -0.508. The van der Waals surface area contributed by atoms with Gasteiger partial charge in [-0.2, -0.15) is 0 Å². The number of nitrogens with zero attached hydrogens (tertiary/aromatic N) is 1. The van der Waals surface area contributed by atoms with Crippen LogP contribution in [0.4, 0.5) is 0 Å². The van der Waals surface area contributed by atoms with Crippen LogP contribution in [0.1, 0.15) is 28.9 Å². The summed E-state index contributed by atoms with van der Waals surface area (Å²) >= 11 is 0. The minimum absolute atomic E-state index is 0.339. The van der Waals surface area contributed by atoms with E-state index < -0.39 is 5.91 Å². The average Bonchev–Trinajstić information content (AvgIpc) is 2.78. The zero-order valence-electron chi connectivity index (χ0n) is 9.90. The number of pyridine rings is 1. The van der Waals surface area contributed by atoms with Crippen LogP contribution in [0.5, 0.6) is 5.88 Å². The number of amides is 1. The predicted octanol–water partition coefficient (Wildman–Crippen LogP) is 0.620. The van der Waals surface area contributed by atoms with Gasteiger partial charge in [-0.15, -0.1) is 0 Å². The lowest BCUT2D eigenvalue weighted by molar-refractivity contribution is 0.0995. The summed E-state index contributed by atoms with van der Waals surface area (Å²) in [7, 11) is 0. The van der Waals surface area contributed by atoms with Crippen molar-refractivity contribution in [2.75, 3.05) is 13.2 Å². The van der Waals surface area contributed by atoms with Crippen molar-refractivity contribution in [3.8, 4) is 5.88 Å². The molecule has 17 heavy (non-hydrogen) atoms. The number of nitrogens with two attached hydrogens (primary N) is 1. The first-order chi connectivity index (χ1) is 8.16. The average molecular weight is 235 g/mol. The molecule has 1 saturated heterocycles. The molecule has 1 fully saturated rings. The Morgan fingerprint density at radius 3 is 3.12 bits per heavy atom. The van der Waals surface area contributed by atoms with Crippen LogP contribution in [0.25, 0.3) is 0 Å². The highest BCUT2D eigenvalue weighted by Gasteiger charge is 2.17. The van der Waals surface area contributed by atoms with Gasteiger partial charge in [0.05, 0.1) is 0 Å². The van der Waals surface area contributed by atoms with Crippen molar-refractivity contribution >= 4 is 5.91 Å². The predicted molar refractivity (Wildman–Crippen MR) is 64.0 cm³/mol. The molecule has 1 aromatic rings. The molecule has 0 spiro atoms. The molecule has 2 heterocycles. The first kappa shape index (κ1) is 11.9. The molecule has 2 rings (SSSR count). The summed E-state index contributed by atoms with van der Waals surface area (Å²) in [4.78, 5) is 15.4. The number of hydrogen-bond donors (Lipinski definition) is 2. The summed E-state index contributed by atoms with van der Waals surface area (Å²) in [5, 5.41) is 3.32. The third-order valence-electron chi connectivity index (χ3n) is 2.85. The number of carbonyl (C=O) groups excluding carboxylic acids is 1. The Labute approximate surface area is 100 Å². The number of rotatable bonds is 4. The Hall–Kier alpha value is -1.62. The quantitative estimate of drug-likeness (QED) is 0.802. The maximum atomic E-state index is 11.2. The number of primary amides is 1. The fourth-order valence-electron chi connectivity index (χ4n) is 1.91. The van der Waals surface area contributed by atoms with Crippen molar-refractivity contribution < 1.29 is 9.53 Å². The van der Waals surface area contributed by atoms with E-state index in [9.17, 15) is 4.79 Å². The van der Waals surface area contributed by atoms with Gasteiger partial charge in [-0.05, 0) is 38.4 Å². The lowest BCUT2D eigenvalue weighted by atomic mass is 10.2. The Balaban J connectivity index is 2.07. The molecule has 92 valence electrons. The fourth-order valence-corrected chi connectivity index (χ4v) is 1.91. The first-order valence-electron chi connectivity index (χ1n) is 5.80. The van der Waals surface area contributed by atoms with Crippen LogP contribution in [0.2, 0.25) is 0 Å². The molecule has 0 radical (unpaired) electrons. The van der Waals surface area contributed by atoms with E-state index in [-0.39, 0.29) is 0 Å². The van der Waals surface area contributed by atoms with Crippen molar-refractivity contribution in [1.82, 2.24) is 10.3 Å². The molecule has 1 atom stereocenters. The zero-order valence-corrected chi connectivity index (χ0v) is 9.90. The van der Waals surface area contributed by atoms with Gasteiger partial charge >= 0.3 is 0 Å². The molecular weight excluding hydrogens is 218 g/mol. The number of ether oxygens (including phenoxy) is 1. The van der Waals surface area contributed by atoms with Gasteiger partial charge in [0.1, 0.15) is 12.2 Å². The van der Waals surface area contributed by atoms with Crippen molar-refractivity contribution in [3.05, 3.63) is 23.4 Å². The summed E-state index contributed by atoms with van der Waals surface area (Å²) in [6, 6.07) is 3.75. The van der Waals surface area contributed by atoms with E-state index in [1.807, 2.05) is 6.92 Å². The van der Waals surface area contributed by atoms with Gasteiger partial charge < -0.3 is 15.8 Å². The monoisotopic (exact) mass is 235 g/mol. The molecule has 0 aromatic carbocycles. The fraction of sp³-hybridized carbons (Fsp3) is 0.500. The molecule has 3 N–H and O–H groups in total. The Kier molecular flexibility index (Phi) is 3.58. The van der Waals surface area contributed by atoms with Crippen molar-refractivity contribution in [3.63, 3.8) is 0 Å². The number of aryl methyl sites for hydroxylation is 1. The topological polar surface area (TPSA) is 77.2 Å². The number of carbonyl (C=O) groups is 1. The normalized spacial score (nSPS) is 19.2. The van der Waals surface area contributed by atoms with Crippen LogP contribution in [-0.2, 0) is 0 Å². The molecule has 0 aliphatic carbocycles. The summed E-state index contributed by atoms with van der Waals surface area (Å²) < 4.78 is 5.59. The molecule has 0 bridgehead atoms. The van der Waals surface area contributed by atoms with Gasteiger partial charge in [-0.3, -0.25) is 4.79 Å². The summed E-state index contributed by atoms with van der Waals surface area (Å²) in [6.45, 7) is 3.40. The largest absolute Gasteiger partial charge is 0.475 e. The van der Waals surface area contributed by atoms with Gasteiger partial charge in [0.25, 0.3) is 5.91 Å². The van der Waals surface area contributed by atoms with E-state index in [0.29, 0.717) is 24.1 Å². The van der Waals surface area contributed by atoms with E-state index in [4.69, 9.17) is 10.5 Å². The van der Waals surface area contributed by atoms with Crippen LogP contribution in [0.15, 0.2) is 12.1 Å².